The lowest BCUT2D eigenvalue weighted by molar-refractivity contribution is 0.653. The summed E-state index contributed by atoms with van der Waals surface area (Å²) in [6, 6.07) is 14.2. The SMILES string of the molecule is Cc1ccc(-c2c(C)ncn(CCc3ccccc3)c2=O)s1. The topological polar surface area (TPSA) is 34.9 Å². The summed E-state index contributed by atoms with van der Waals surface area (Å²) in [7, 11) is 0. The fraction of sp³-hybridized carbons (Fsp3) is 0.222. The molecule has 2 aromatic heterocycles. The van der Waals surface area contributed by atoms with Crippen LogP contribution in [0.15, 0.2) is 53.6 Å². The number of benzene rings is 1. The molecule has 1 aromatic carbocycles. The first kappa shape index (κ1) is 14.7. The Morgan fingerprint density at radius 2 is 1.86 bits per heavy atom. The van der Waals surface area contributed by atoms with Gasteiger partial charge in [-0.2, -0.15) is 0 Å². The van der Waals surface area contributed by atoms with E-state index in [4.69, 9.17) is 0 Å². The molecule has 0 amide bonds. The molecule has 4 heteroatoms. The van der Waals surface area contributed by atoms with Crippen LogP contribution in [0.3, 0.4) is 0 Å². The number of hydrogen-bond donors (Lipinski definition) is 0. The van der Waals surface area contributed by atoms with Crippen molar-refractivity contribution in [1.82, 2.24) is 9.55 Å². The molecule has 3 aromatic rings. The van der Waals surface area contributed by atoms with Crippen LogP contribution in [-0.4, -0.2) is 9.55 Å². The second kappa shape index (κ2) is 6.28. The van der Waals surface area contributed by atoms with Crippen LogP contribution in [0.1, 0.15) is 16.1 Å². The van der Waals surface area contributed by atoms with Crippen molar-refractivity contribution in [3.05, 3.63) is 75.3 Å². The Bertz CT molecular complexity index is 834. The van der Waals surface area contributed by atoms with E-state index in [-0.39, 0.29) is 5.56 Å². The van der Waals surface area contributed by atoms with Crippen LogP contribution in [0.2, 0.25) is 0 Å². The Balaban J connectivity index is 1.92. The molecule has 0 saturated carbocycles. The van der Waals surface area contributed by atoms with Gasteiger partial charge in [-0.15, -0.1) is 11.3 Å². The highest BCUT2D eigenvalue weighted by Crippen LogP contribution is 2.26. The molecule has 0 N–H and O–H groups in total. The molecular weight excluding hydrogens is 292 g/mol. The highest BCUT2D eigenvalue weighted by molar-refractivity contribution is 7.15. The lowest BCUT2D eigenvalue weighted by Gasteiger charge is -2.09. The van der Waals surface area contributed by atoms with Gasteiger partial charge in [0.25, 0.3) is 5.56 Å². The monoisotopic (exact) mass is 310 g/mol. The lowest BCUT2D eigenvalue weighted by Crippen LogP contribution is -2.24. The van der Waals surface area contributed by atoms with E-state index in [1.54, 1.807) is 22.2 Å². The number of rotatable bonds is 4. The summed E-state index contributed by atoms with van der Waals surface area (Å²) in [6.07, 6.45) is 2.49. The normalized spacial score (nSPS) is 10.8. The van der Waals surface area contributed by atoms with Gasteiger partial charge >= 0.3 is 0 Å². The summed E-state index contributed by atoms with van der Waals surface area (Å²) in [5.74, 6) is 0. The largest absolute Gasteiger partial charge is 0.298 e. The molecule has 0 radical (unpaired) electrons. The Kier molecular flexibility index (Phi) is 4.20. The van der Waals surface area contributed by atoms with Gasteiger partial charge < -0.3 is 0 Å². The van der Waals surface area contributed by atoms with E-state index in [0.717, 1.165) is 22.6 Å². The van der Waals surface area contributed by atoms with Crippen molar-refractivity contribution in [1.29, 1.82) is 0 Å². The molecule has 0 saturated heterocycles. The molecule has 0 aliphatic heterocycles. The molecule has 22 heavy (non-hydrogen) atoms. The minimum Gasteiger partial charge on any atom is -0.298 e. The van der Waals surface area contributed by atoms with E-state index in [1.807, 2.05) is 44.2 Å². The Labute approximate surface area is 133 Å². The van der Waals surface area contributed by atoms with Crippen LogP contribution in [0.5, 0.6) is 0 Å². The molecule has 3 rings (SSSR count). The fourth-order valence-electron chi connectivity index (χ4n) is 2.48. The maximum absolute atomic E-state index is 12.8. The number of hydrogen-bond acceptors (Lipinski definition) is 3. The predicted octanol–water partition coefficient (Wildman–Crippen LogP) is 3.83. The Hall–Kier alpha value is -2.20. The second-order valence-corrected chi connectivity index (χ2v) is 6.64. The third kappa shape index (κ3) is 3.02. The lowest BCUT2D eigenvalue weighted by atomic mass is 10.1. The number of aryl methyl sites for hydroxylation is 4. The third-order valence-electron chi connectivity index (χ3n) is 3.70. The minimum atomic E-state index is 0.0466. The molecule has 112 valence electrons. The van der Waals surface area contributed by atoms with Gasteiger partial charge in [0.2, 0.25) is 0 Å². The average molecular weight is 310 g/mol. The summed E-state index contributed by atoms with van der Waals surface area (Å²) in [6.45, 7) is 4.59. The third-order valence-corrected chi connectivity index (χ3v) is 4.72. The van der Waals surface area contributed by atoms with E-state index >= 15 is 0 Å². The molecule has 0 spiro atoms. The Morgan fingerprint density at radius 3 is 2.55 bits per heavy atom. The average Bonchev–Trinajstić information content (AvgIpc) is 2.94. The number of thiophene rings is 1. The van der Waals surface area contributed by atoms with E-state index < -0.39 is 0 Å². The highest BCUT2D eigenvalue weighted by Gasteiger charge is 2.12. The fourth-order valence-corrected chi connectivity index (χ4v) is 3.43. The van der Waals surface area contributed by atoms with Crippen LogP contribution in [0.4, 0.5) is 0 Å². The maximum Gasteiger partial charge on any atom is 0.262 e. The van der Waals surface area contributed by atoms with E-state index in [9.17, 15) is 4.79 Å². The first-order chi connectivity index (χ1) is 10.6. The van der Waals surface area contributed by atoms with Crippen LogP contribution in [-0.2, 0) is 13.0 Å². The molecule has 3 nitrogen and oxygen atoms in total. The number of nitrogens with zero attached hydrogens (tertiary/aromatic N) is 2. The summed E-state index contributed by atoms with van der Waals surface area (Å²) in [5, 5.41) is 0. The first-order valence-electron chi connectivity index (χ1n) is 7.32. The van der Waals surface area contributed by atoms with Crippen LogP contribution < -0.4 is 5.56 Å². The predicted molar refractivity (Wildman–Crippen MR) is 91.4 cm³/mol. The zero-order chi connectivity index (χ0) is 15.5. The molecule has 2 heterocycles. The Morgan fingerprint density at radius 1 is 1.09 bits per heavy atom. The number of aromatic nitrogens is 2. The van der Waals surface area contributed by atoms with Crippen LogP contribution in [0, 0.1) is 13.8 Å². The van der Waals surface area contributed by atoms with Crippen molar-refractivity contribution in [3.8, 4) is 10.4 Å². The van der Waals surface area contributed by atoms with Crippen molar-refractivity contribution >= 4 is 11.3 Å². The molecule has 0 aliphatic carbocycles. The van der Waals surface area contributed by atoms with E-state index in [0.29, 0.717) is 6.54 Å². The van der Waals surface area contributed by atoms with Crippen molar-refractivity contribution in [3.63, 3.8) is 0 Å². The van der Waals surface area contributed by atoms with Gasteiger partial charge in [0.15, 0.2) is 0 Å². The zero-order valence-corrected chi connectivity index (χ0v) is 13.6. The maximum atomic E-state index is 12.8. The quantitative estimate of drug-likeness (QED) is 0.734. The summed E-state index contributed by atoms with van der Waals surface area (Å²) >= 11 is 1.64. The van der Waals surface area contributed by atoms with Gasteiger partial charge in [0, 0.05) is 16.3 Å². The molecular formula is C18H18N2OS. The first-order valence-corrected chi connectivity index (χ1v) is 8.13. The summed E-state index contributed by atoms with van der Waals surface area (Å²) in [4.78, 5) is 19.4. The molecule has 0 fully saturated rings. The van der Waals surface area contributed by atoms with Gasteiger partial charge in [0.1, 0.15) is 0 Å². The van der Waals surface area contributed by atoms with Crippen LogP contribution >= 0.6 is 11.3 Å². The van der Waals surface area contributed by atoms with Crippen LogP contribution in [0.25, 0.3) is 10.4 Å². The minimum absolute atomic E-state index is 0.0466. The highest BCUT2D eigenvalue weighted by atomic mass is 32.1. The molecule has 0 atom stereocenters. The van der Waals surface area contributed by atoms with Crippen molar-refractivity contribution in [2.45, 2.75) is 26.8 Å². The standard InChI is InChI=1S/C18H18N2OS/c1-13-8-9-16(22-13)17-14(2)19-12-20(18(17)21)11-10-15-6-4-3-5-7-15/h3-9,12H,10-11H2,1-2H3. The second-order valence-electron chi connectivity index (χ2n) is 5.35. The summed E-state index contributed by atoms with van der Waals surface area (Å²) in [5.41, 5.74) is 2.80. The van der Waals surface area contributed by atoms with Gasteiger partial charge in [0.05, 0.1) is 17.6 Å². The van der Waals surface area contributed by atoms with Crippen molar-refractivity contribution < 1.29 is 0 Å². The van der Waals surface area contributed by atoms with Crippen molar-refractivity contribution in [2.75, 3.05) is 0 Å². The molecule has 0 aliphatic rings. The van der Waals surface area contributed by atoms with Crippen molar-refractivity contribution in [2.24, 2.45) is 0 Å². The van der Waals surface area contributed by atoms with E-state index in [2.05, 4.69) is 17.1 Å². The van der Waals surface area contributed by atoms with Gasteiger partial charge in [-0.3, -0.25) is 9.36 Å². The zero-order valence-electron chi connectivity index (χ0n) is 12.7. The van der Waals surface area contributed by atoms with Gasteiger partial charge in [-0.05, 0) is 38.0 Å². The smallest absolute Gasteiger partial charge is 0.262 e. The molecule has 0 bridgehead atoms. The van der Waals surface area contributed by atoms with E-state index in [1.165, 1.54) is 10.4 Å². The molecule has 0 unspecified atom stereocenters. The summed E-state index contributed by atoms with van der Waals surface area (Å²) < 4.78 is 1.71. The van der Waals surface area contributed by atoms with Gasteiger partial charge in [-0.25, -0.2) is 4.98 Å². The van der Waals surface area contributed by atoms with Gasteiger partial charge in [-0.1, -0.05) is 30.3 Å².